The lowest BCUT2D eigenvalue weighted by Crippen LogP contribution is -2.68. The monoisotopic (exact) mass is 619 g/mol. The van der Waals surface area contributed by atoms with Crippen LogP contribution in [0.3, 0.4) is 0 Å². The quantitative estimate of drug-likeness (QED) is 0.290. The van der Waals surface area contributed by atoms with Gasteiger partial charge in [-0.3, -0.25) is 9.88 Å². The van der Waals surface area contributed by atoms with Gasteiger partial charge in [-0.1, -0.05) is 6.07 Å². The fraction of sp³-hybridized carbons (Fsp3) is 0.433. The van der Waals surface area contributed by atoms with Gasteiger partial charge >= 0.3 is 0 Å². The Labute approximate surface area is 261 Å². The number of morpholine rings is 1. The minimum absolute atomic E-state index is 0. The van der Waals surface area contributed by atoms with Gasteiger partial charge in [0.05, 0.1) is 43.5 Å². The maximum absolute atomic E-state index is 14.6. The van der Waals surface area contributed by atoms with Crippen molar-refractivity contribution < 1.29 is 18.6 Å². The van der Waals surface area contributed by atoms with Crippen molar-refractivity contribution in [3.05, 3.63) is 60.1 Å². The van der Waals surface area contributed by atoms with E-state index in [1.54, 1.807) is 31.8 Å². The first kappa shape index (κ1) is 30.0. The first-order chi connectivity index (χ1) is 21.0. The van der Waals surface area contributed by atoms with Gasteiger partial charge in [-0.25, -0.2) is 14.5 Å². The molecule has 14 heteroatoms. The van der Waals surface area contributed by atoms with Crippen LogP contribution in [0, 0.1) is 17.3 Å². The Kier molecular flexibility index (Phi) is 8.55. The maximum Gasteiger partial charge on any atom is 0.251 e. The molecule has 44 heavy (non-hydrogen) atoms. The standard InChI is InChI=1S/C30H32FN9O3.H2S/c1-37-5-6-42-23(16-37)18-43-22-8-24(29-25(9-32)30(31)36-40(29)17-22)26-11-34-27(12-33-26)38-14-20-7-21(15-38)39(20)13-19-3-4-28(41-2)35-10-19;/h3-4,8,10-12,17,20-21,23H,5-7,13-16,18H2,1-2H3;1H2/t20?,21?,23-;/m0./s1. The van der Waals surface area contributed by atoms with E-state index in [1.807, 2.05) is 25.4 Å². The van der Waals surface area contributed by atoms with Crippen LogP contribution in [0.2, 0.25) is 0 Å². The molecule has 0 spiro atoms. The van der Waals surface area contributed by atoms with Gasteiger partial charge in [-0.05, 0) is 25.1 Å². The van der Waals surface area contributed by atoms with E-state index in [0.717, 1.165) is 50.5 Å². The molecule has 4 fully saturated rings. The molecule has 4 aromatic rings. The Bertz CT molecular complexity index is 1650. The van der Waals surface area contributed by atoms with Crippen LogP contribution in [0.25, 0.3) is 16.8 Å². The van der Waals surface area contributed by atoms with Crippen molar-refractivity contribution in [2.75, 3.05) is 58.5 Å². The number of hydrogen-bond donors (Lipinski definition) is 0. The molecule has 4 aliphatic rings. The van der Waals surface area contributed by atoms with Gasteiger partial charge < -0.3 is 24.0 Å². The Morgan fingerprint density at radius 2 is 1.95 bits per heavy atom. The summed E-state index contributed by atoms with van der Waals surface area (Å²) >= 11 is 0. The first-order valence-electron chi connectivity index (χ1n) is 14.4. The maximum atomic E-state index is 14.6. The van der Waals surface area contributed by atoms with E-state index in [1.165, 1.54) is 4.52 Å². The summed E-state index contributed by atoms with van der Waals surface area (Å²) in [5.74, 6) is 1.03. The molecular weight excluding hydrogens is 585 g/mol. The zero-order chi connectivity index (χ0) is 29.5. The van der Waals surface area contributed by atoms with Crippen molar-refractivity contribution in [3.63, 3.8) is 0 Å². The van der Waals surface area contributed by atoms with Gasteiger partial charge in [-0.2, -0.15) is 23.1 Å². The number of rotatable bonds is 8. The Morgan fingerprint density at radius 3 is 2.64 bits per heavy atom. The van der Waals surface area contributed by atoms with Crippen molar-refractivity contribution in [1.82, 2.24) is 34.4 Å². The fourth-order valence-electron chi connectivity index (χ4n) is 6.25. The number of piperazine rings is 1. The number of likely N-dealkylation sites (N-methyl/N-ethyl adjacent to an activating group) is 1. The summed E-state index contributed by atoms with van der Waals surface area (Å²) in [7, 11) is 3.66. The van der Waals surface area contributed by atoms with Gasteiger partial charge in [0.25, 0.3) is 5.95 Å². The molecule has 0 amide bonds. The second kappa shape index (κ2) is 12.5. The predicted octanol–water partition coefficient (Wildman–Crippen LogP) is 2.49. The summed E-state index contributed by atoms with van der Waals surface area (Å²) < 4.78 is 33.0. The van der Waals surface area contributed by atoms with Crippen molar-refractivity contribution >= 4 is 24.8 Å². The summed E-state index contributed by atoms with van der Waals surface area (Å²) in [4.78, 5) is 20.7. The van der Waals surface area contributed by atoms with E-state index >= 15 is 0 Å². The third-order valence-electron chi connectivity index (χ3n) is 8.50. The van der Waals surface area contributed by atoms with Gasteiger partial charge in [0.2, 0.25) is 5.88 Å². The number of fused-ring (bicyclic) bond motifs is 3. The Balaban J connectivity index is 0.00000343. The largest absolute Gasteiger partial charge is 0.489 e. The number of nitriles is 1. The normalized spacial score (nSPS) is 21.8. The number of halogens is 1. The molecule has 3 atom stereocenters. The summed E-state index contributed by atoms with van der Waals surface area (Å²) in [6, 6.07) is 8.51. The number of anilines is 1. The SMILES string of the molecule is COc1ccc(CN2C3CC2CN(c2cnc(-c4cc(OC[C@@H]5CN(C)CCO5)cn5nc(F)c(C#N)c45)cn2)C3)cn1.S. The van der Waals surface area contributed by atoms with Crippen LogP contribution in [0.1, 0.15) is 17.5 Å². The van der Waals surface area contributed by atoms with Crippen molar-refractivity contribution in [3.8, 4) is 29.0 Å². The minimum atomic E-state index is -0.842. The fourth-order valence-corrected chi connectivity index (χ4v) is 6.25. The minimum Gasteiger partial charge on any atom is -0.489 e. The van der Waals surface area contributed by atoms with Crippen molar-refractivity contribution in [2.24, 2.45) is 0 Å². The number of pyridine rings is 2. The summed E-state index contributed by atoms with van der Waals surface area (Å²) in [6.45, 7) is 5.17. The number of piperidine rings is 1. The van der Waals surface area contributed by atoms with E-state index in [9.17, 15) is 9.65 Å². The van der Waals surface area contributed by atoms with Crippen LogP contribution in [0.15, 0.2) is 43.0 Å². The highest BCUT2D eigenvalue weighted by Gasteiger charge is 2.44. The third-order valence-corrected chi connectivity index (χ3v) is 8.50. The van der Waals surface area contributed by atoms with E-state index < -0.39 is 5.95 Å². The smallest absolute Gasteiger partial charge is 0.251 e. The molecule has 4 aliphatic heterocycles. The molecule has 2 unspecified atom stereocenters. The average molecular weight is 620 g/mol. The Morgan fingerprint density at radius 1 is 1.11 bits per heavy atom. The molecule has 0 saturated carbocycles. The number of hydrogen-bond acceptors (Lipinski definition) is 11. The highest BCUT2D eigenvalue weighted by atomic mass is 32.1. The van der Waals surface area contributed by atoms with E-state index in [4.69, 9.17) is 24.2 Å². The number of methoxy groups -OCH3 is 1. The lowest BCUT2D eigenvalue weighted by Gasteiger charge is -2.56. The second-order valence-electron chi connectivity index (χ2n) is 11.3. The molecule has 0 radical (unpaired) electrons. The molecule has 230 valence electrons. The predicted molar refractivity (Wildman–Crippen MR) is 165 cm³/mol. The van der Waals surface area contributed by atoms with E-state index in [2.05, 4.69) is 30.8 Å². The van der Waals surface area contributed by atoms with Gasteiger partial charge in [0.1, 0.15) is 35.9 Å². The molecule has 8 heterocycles. The van der Waals surface area contributed by atoms with Gasteiger partial charge in [0.15, 0.2) is 0 Å². The third kappa shape index (κ3) is 5.75. The van der Waals surface area contributed by atoms with Crippen LogP contribution in [-0.2, 0) is 11.3 Å². The highest BCUT2D eigenvalue weighted by molar-refractivity contribution is 7.59. The van der Waals surface area contributed by atoms with E-state index in [0.29, 0.717) is 53.7 Å². The molecule has 8 rings (SSSR count). The summed E-state index contributed by atoms with van der Waals surface area (Å²) in [5.41, 5.74) is 2.36. The molecule has 0 aliphatic carbocycles. The van der Waals surface area contributed by atoms with Crippen LogP contribution < -0.4 is 14.4 Å². The first-order valence-corrected chi connectivity index (χ1v) is 14.4. The topological polar surface area (TPSA) is 117 Å². The van der Waals surface area contributed by atoms with Crippen LogP contribution in [0.5, 0.6) is 11.6 Å². The zero-order valence-electron chi connectivity index (χ0n) is 24.6. The molecule has 12 nitrogen and oxygen atoms in total. The van der Waals surface area contributed by atoms with Crippen molar-refractivity contribution in [1.29, 1.82) is 5.26 Å². The van der Waals surface area contributed by atoms with Crippen molar-refractivity contribution in [2.45, 2.75) is 31.2 Å². The second-order valence-corrected chi connectivity index (χ2v) is 11.3. The highest BCUT2D eigenvalue weighted by Crippen LogP contribution is 2.36. The van der Waals surface area contributed by atoms with Gasteiger partial charge in [0, 0.05) is 62.6 Å². The zero-order valence-corrected chi connectivity index (χ0v) is 25.6. The van der Waals surface area contributed by atoms with Crippen LogP contribution in [0.4, 0.5) is 10.2 Å². The number of ether oxygens (including phenoxy) is 3. The van der Waals surface area contributed by atoms with Crippen LogP contribution in [-0.4, -0.2) is 106 Å². The van der Waals surface area contributed by atoms with Crippen LogP contribution >= 0.6 is 13.5 Å². The lowest BCUT2D eigenvalue weighted by atomic mass is 9.87. The van der Waals surface area contributed by atoms with Gasteiger partial charge in [-0.15, -0.1) is 5.10 Å². The molecule has 4 saturated heterocycles. The number of aromatic nitrogens is 5. The average Bonchev–Trinajstić information content (AvgIpc) is 3.37. The summed E-state index contributed by atoms with van der Waals surface area (Å²) in [5, 5.41) is 13.6. The summed E-state index contributed by atoms with van der Waals surface area (Å²) in [6.07, 6.45) is 7.93. The van der Waals surface area contributed by atoms with E-state index in [-0.39, 0.29) is 25.2 Å². The molecule has 0 aromatic carbocycles. The molecular formula is C30H34FN9O3S. The Hall–Kier alpha value is -4.03. The number of nitrogens with zero attached hydrogens (tertiary/aromatic N) is 9. The molecule has 0 N–H and O–H groups in total. The molecule has 4 aromatic heterocycles. The lowest BCUT2D eigenvalue weighted by molar-refractivity contribution is -0.0404. The molecule has 2 bridgehead atoms.